The van der Waals surface area contributed by atoms with Gasteiger partial charge in [0.05, 0.1) is 23.9 Å². The van der Waals surface area contributed by atoms with Crippen LogP contribution in [0, 0.1) is 0 Å². The Labute approximate surface area is 275 Å². The number of carbonyl (C=O) groups is 2. The lowest BCUT2D eigenvalue weighted by Gasteiger charge is -2.10. The molecule has 45 heavy (non-hydrogen) atoms. The highest BCUT2D eigenvalue weighted by Crippen LogP contribution is 2.40. The van der Waals surface area contributed by atoms with Crippen LogP contribution < -0.4 is 11.1 Å². The van der Waals surface area contributed by atoms with E-state index in [9.17, 15) is 9.59 Å². The lowest BCUT2D eigenvalue weighted by atomic mass is 10.2. The number of aromatic nitrogens is 6. The first-order valence-corrected chi connectivity index (χ1v) is 15.3. The number of halogens is 3. The van der Waals surface area contributed by atoms with Crippen molar-refractivity contribution >= 4 is 64.1 Å². The first-order chi connectivity index (χ1) is 21.7. The van der Waals surface area contributed by atoms with Crippen LogP contribution in [0.4, 0.5) is 17.3 Å². The SMILES string of the molecule is CCOC(=O)c1nnc(Cl)cc1Cl.CCOC(=O)c1nnc(Cl)cc1Nc1cccc(C2CC2)n1.Nc1cccc(C2CC2)n1. The number of rotatable bonds is 8. The van der Waals surface area contributed by atoms with Crippen LogP contribution in [0.15, 0.2) is 48.5 Å². The molecule has 236 valence electrons. The second-order valence-electron chi connectivity index (χ2n) is 9.84. The maximum atomic E-state index is 11.9. The van der Waals surface area contributed by atoms with Crippen molar-refractivity contribution in [1.82, 2.24) is 30.4 Å². The van der Waals surface area contributed by atoms with Gasteiger partial charge < -0.3 is 20.5 Å². The highest BCUT2D eigenvalue weighted by molar-refractivity contribution is 6.35. The highest BCUT2D eigenvalue weighted by Gasteiger charge is 2.26. The molecule has 6 rings (SSSR count). The van der Waals surface area contributed by atoms with E-state index in [-0.39, 0.29) is 39.9 Å². The molecule has 12 nitrogen and oxygen atoms in total. The molecule has 2 aliphatic carbocycles. The van der Waals surface area contributed by atoms with Crippen molar-refractivity contribution in [3.05, 3.63) is 86.6 Å². The van der Waals surface area contributed by atoms with Crippen LogP contribution in [0.3, 0.4) is 0 Å². The standard InChI is InChI=1S/C15H15ClN4O2.C8H10N2.C7H6Cl2N2O2/c1-2-22-15(21)14-11(8-12(16)19-20-14)18-13-5-3-4-10(17-13)9-6-7-9;9-8-3-1-2-7(10-8)6-4-5-6;1-2-13-7(12)6-4(8)3-5(9)10-11-6/h3-5,8-9H,2,6-7H2,1H3,(H,17,18,19);1-3,6H,4-5H2,(H2,9,10);3H,2H2,1H3. The second-order valence-corrected chi connectivity index (χ2v) is 11.0. The number of anilines is 3. The van der Waals surface area contributed by atoms with Crippen LogP contribution in [0.5, 0.6) is 0 Å². The number of pyridine rings is 2. The molecule has 4 aromatic heterocycles. The van der Waals surface area contributed by atoms with Gasteiger partial charge in [0.1, 0.15) is 11.6 Å². The van der Waals surface area contributed by atoms with Gasteiger partial charge in [-0.3, -0.25) is 0 Å². The van der Waals surface area contributed by atoms with Gasteiger partial charge in [0.2, 0.25) is 0 Å². The van der Waals surface area contributed by atoms with Crippen LogP contribution in [0.1, 0.15) is 83.7 Å². The van der Waals surface area contributed by atoms with E-state index in [1.165, 1.54) is 43.5 Å². The minimum Gasteiger partial charge on any atom is -0.461 e. The number of ether oxygens (including phenoxy) is 2. The van der Waals surface area contributed by atoms with Crippen molar-refractivity contribution in [3.63, 3.8) is 0 Å². The molecule has 0 amide bonds. The molecule has 0 atom stereocenters. The van der Waals surface area contributed by atoms with Gasteiger partial charge in [-0.2, -0.15) is 0 Å². The highest BCUT2D eigenvalue weighted by atomic mass is 35.5. The van der Waals surface area contributed by atoms with E-state index in [2.05, 4.69) is 40.4 Å². The normalized spacial score (nSPS) is 13.4. The molecule has 0 unspecified atom stereocenters. The number of hydrogen-bond acceptors (Lipinski definition) is 12. The van der Waals surface area contributed by atoms with Crippen LogP contribution in [0.2, 0.25) is 15.3 Å². The molecule has 0 spiro atoms. The smallest absolute Gasteiger partial charge is 0.361 e. The van der Waals surface area contributed by atoms with E-state index in [1.807, 2.05) is 36.4 Å². The van der Waals surface area contributed by atoms with Gasteiger partial charge >= 0.3 is 11.9 Å². The van der Waals surface area contributed by atoms with Crippen LogP contribution >= 0.6 is 34.8 Å². The Hall–Kier alpha value is -4.13. The van der Waals surface area contributed by atoms with Crippen molar-refractivity contribution in [2.75, 3.05) is 24.3 Å². The number of nitrogens with one attached hydrogen (secondary N) is 1. The predicted octanol–water partition coefficient (Wildman–Crippen LogP) is 6.82. The molecule has 15 heteroatoms. The summed E-state index contributed by atoms with van der Waals surface area (Å²) in [4.78, 5) is 31.8. The molecule has 0 saturated heterocycles. The largest absolute Gasteiger partial charge is 0.461 e. The number of hydrogen-bond donors (Lipinski definition) is 2. The van der Waals surface area contributed by atoms with Gasteiger partial charge in [0.25, 0.3) is 0 Å². The van der Waals surface area contributed by atoms with Crippen molar-refractivity contribution < 1.29 is 19.1 Å². The van der Waals surface area contributed by atoms with E-state index >= 15 is 0 Å². The Kier molecular flexibility index (Phi) is 12.2. The molecule has 0 aromatic carbocycles. The number of esters is 2. The maximum Gasteiger partial charge on any atom is 0.361 e. The van der Waals surface area contributed by atoms with Crippen molar-refractivity contribution in [2.24, 2.45) is 0 Å². The molecule has 2 aliphatic rings. The van der Waals surface area contributed by atoms with Crippen LogP contribution in [-0.4, -0.2) is 55.5 Å². The molecule has 3 N–H and O–H groups in total. The Morgan fingerprint density at radius 2 is 1.31 bits per heavy atom. The lowest BCUT2D eigenvalue weighted by Crippen LogP contribution is -2.12. The zero-order valence-corrected chi connectivity index (χ0v) is 26.8. The molecule has 0 aliphatic heterocycles. The quantitative estimate of drug-likeness (QED) is 0.187. The minimum atomic E-state index is -0.600. The zero-order valence-electron chi connectivity index (χ0n) is 24.5. The third-order valence-electron chi connectivity index (χ3n) is 6.24. The van der Waals surface area contributed by atoms with E-state index in [1.54, 1.807) is 13.8 Å². The summed E-state index contributed by atoms with van der Waals surface area (Å²) in [6, 6.07) is 14.5. The average molecular weight is 674 g/mol. The summed E-state index contributed by atoms with van der Waals surface area (Å²) >= 11 is 17.0. The summed E-state index contributed by atoms with van der Waals surface area (Å²) in [5.74, 6) is 1.39. The first-order valence-electron chi connectivity index (χ1n) is 14.2. The Balaban J connectivity index is 0.000000169. The maximum absolute atomic E-state index is 11.9. The minimum absolute atomic E-state index is 0.0204. The first kappa shape index (κ1) is 33.8. The summed E-state index contributed by atoms with van der Waals surface area (Å²) in [6.45, 7) is 3.95. The molecule has 0 bridgehead atoms. The zero-order chi connectivity index (χ0) is 32.3. The molecule has 4 aromatic rings. The summed E-state index contributed by atoms with van der Waals surface area (Å²) in [7, 11) is 0. The van der Waals surface area contributed by atoms with Gasteiger partial charge in [-0.05, 0) is 69.9 Å². The molecule has 2 fully saturated rings. The summed E-state index contributed by atoms with van der Waals surface area (Å²) < 4.78 is 9.65. The summed E-state index contributed by atoms with van der Waals surface area (Å²) in [5, 5.41) is 18.0. The number of nitrogen functional groups attached to an aromatic ring is 1. The molecule has 4 heterocycles. The Morgan fingerprint density at radius 1 is 0.778 bits per heavy atom. The topological polar surface area (TPSA) is 168 Å². The second kappa shape index (κ2) is 16.3. The number of carbonyl (C=O) groups excluding carboxylic acids is 2. The van der Waals surface area contributed by atoms with E-state index in [4.69, 9.17) is 45.3 Å². The van der Waals surface area contributed by atoms with Gasteiger partial charge in [0.15, 0.2) is 21.7 Å². The van der Waals surface area contributed by atoms with Crippen molar-refractivity contribution in [3.8, 4) is 0 Å². The van der Waals surface area contributed by atoms with Gasteiger partial charge in [-0.15, -0.1) is 20.4 Å². The van der Waals surface area contributed by atoms with Gasteiger partial charge in [0, 0.05) is 29.3 Å². The van der Waals surface area contributed by atoms with E-state index in [0.717, 1.165) is 5.69 Å². The fourth-order valence-corrected chi connectivity index (χ4v) is 4.41. The summed E-state index contributed by atoms with van der Waals surface area (Å²) in [6.07, 6.45) is 4.92. The molecular weight excluding hydrogens is 643 g/mol. The van der Waals surface area contributed by atoms with Crippen molar-refractivity contribution in [2.45, 2.75) is 51.4 Å². The fraction of sp³-hybridized carbons (Fsp3) is 0.333. The summed E-state index contributed by atoms with van der Waals surface area (Å²) in [5.41, 5.74) is 8.23. The monoisotopic (exact) mass is 672 g/mol. The Bertz CT molecular complexity index is 1640. The number of nitrogens with two attached hydrogens (primary N) is 1. The van der Waals surface area contributed by atoms with Gasteiger partial charge in [-0.1, -0.05) is 46.9 Å². The third-order valence-corrected chi connectivity index (χ3v) is 6.89. The molecular formula is C30H31Cl3N8O4. The predicted molar refractivity (Wildman–Crippen MR) is 171 cm³/mol. The van der Waals surface area contributed by atoms with Crippen molar-refractivity contribution in [1.29, 1.82) is 0 Å². The Morgan fingerprint density at radius 3 is 1.87 bits per heavy atom. The van der Waals surface area contributed by atoms with Gasteiger partial charge in [-0.25, -0.2) is 19.6 Å². The van der Waals surface area contributed by atoms with Crippen LogP contribution in [0.25, 0.3) is 0 Å². The fourth-order valence-electron chi connectivity index (χ4n) is 3.84. The average Bonchev–Trinajstić information content (AvgIpc) is 3.92. The number of nitrogens with zero attached hydrogens (tertiary/aromatic N) is 6. The third kappa shape index (κ3) is 10.5. The van der Waals surface area contributed by atoms with E-state index < -0.39 is 11.9 Å². The lowest BCUT2D eigenvalue weighted by molar-refractivity contribution is 0.0509. The van der Waals surface area contributed by atoms with Crippen LogP contribution in [-0.2, 0) is 9.47 Å². The van der Waals surface area contributed by atoms with E-state index in [0.29, 0.717) is 29.2 Å². The molecule has 0 radical (unpaired) electrons. The molecule has 2 saturated carbocycles.